The molecule has 1 aliphatic heterocycles. The van der Waals surface area contributed by atoms with Gasteiger partial charge in [0.25, 0.3) is 0 Å². The standard InChI is InChI=1S/C22H26N4OS2/c1-2-5-17(19-6-3-14-28-19)23-22(27)16-10-12-26(13-11-16)21-9-8-18(24-25-21)20-7-4-15-29-20/h3-4,6-9,14-17H,2,5,10-13H2,1H3,(H,23,27)/t17-/m0/s1. The summed E-state index contributed by atoms with van der Waals surface area (Å²) in [6.45, 7) is 3.83. The molecule has 0 radical (unpaired) electrons. The number of thiophene rings is 2. The van der Waals surface area contributed by atoms with E-state index in [4.69, 9.17) is 0 Å². The van der Waals surface area contributed by atoms with Crippen LogP contribution in [0, 0.1) is 5.92 Å². The Kier molecular flexibility index (Phi) is 6.56. The highest BCUT2D eigenvalue weighted by Crippen LogP contribution is 2.27. The molecular formula is C22H26N4OS2. The summed E-state index contributed by atoms with van der Waals surface area (Å²) >= 11 is 3.39. The monoisotopic (exact) mass is 426 g/mol. The Morgan fingerprint density at radius 3 is 2.55 bits per heavy atom. The quantitative estimate of drug-likeness (QED) is 0.568. The van der Waals surface area contributed by atoms with E-state index < -0.39 is 0 Å². The van der Waals surface area contributed by atoms with Gasteiger partial charge in [0.1, 0.15) is 5.69 Å². The van der Waals surface area contributed by atoms with Gasteiger partial charge in [0.2, 0.25) is 5.91 Å². The second kappa shape index (κ2) is 9.50. The number of piperidine rings is 1. The zero-order chi connectivity index (χ0) is 20.1. The number of nitrogens with one attached hydrogen (secondary N) is 1. The molecule has 3 aromatic heterocycles. The average molecular weight is 427 g/mol. The van der Waals surface area contributed by atoms with Crippen molar-refractivity contribution >= 4 is 34.4 Å². The molecule has 4 rings (SSSR count). The first-order chi connectivity index (χ1) is 14.2. The zero-order valence-electron chi connectivity index (χ0n) is 16.6. The molecule has 1 atom stereocenters. The van der Waals surface area contributed by atoms with Gasteiger partial charge in [-0.2, -0.15) is 0 Å². The first-order valence-electron chi connectivity index (χ1n) is 10.2. The van der Waals surface area contributed by atoms with Crippen molar-refractivity contribution in [1.82, 2.24) is 15.5 Å². The number of rotatable bonds is 7. The highest BCUT2D eigenvalue weighted by molar-refractivity contribution is 7.13. The predicted molar refractivity (Wildman–Crippen MR) is 120 cm³/mol. The van der Waals surface area contributed by atoms with E-state index in [1.54, 1.807) is 22.7 Å². The Morgan fingerprint density at radius 1 is 1.14 bits per heavy atom. The van der Waals surface area contributed by atoms with Crippen LogP contribution in [0.4, 0.5) is 5.82 Å². The lowest BCUT2D eigenvalue weighted by Gasteiger charge is -2.32. The minimum atomic E-state index is 0.0731. The number of carbonyl (C=O) groups excluding carboxylic acids is 1. The van der Waals surface area contributed by atoms with Gasteiger partial charge in [0.15, 0.2) is 5.82 Å². The summed E-state index contributed by atoms with van der Waals surface area (Å²) in [7, 11) is 0. The molecule has 0 aliphatic carbocycles. The number of nitrogens with zero attached hydrogens (tertiary/aromatic N) is 3. The Hall–Kier alpha value is -2.25. The summed E-state index contributed by atoms with van der Waals surface area (Å²) in [4.78, 5) is 17.5. The lowest BCUT2D eigenvalue weighted by atomic mass is 9.95. The van der Waals surface area contributed by atoms with E-state index >= 15 is 0 Å². The fraction of sp³-hybridized carbons (Fsp3) is 0.409. The maximum atomic E-state index is 12.8. The molecule has 4 heterocycles. The van der Waals surface area contributed by atoms with Crippen LogP contribution in [-0.4, -0.2) is 29.2 Å². The minimum absolute atomic E-state index is 0.0731. The van der Waals surface area contributed by atoms with Crippen molar-refractivity contribution in [2.45, 2.75) is 38.6 Å². The van der Waals surface area contributed by atoms with Crippen molar-refractivity contribution < 1.29 is 4.79 Å². The van der Waals surface area contributed by atoms with Crippen LogP contribution >= 0.6 is 22.7 Å². The topological polar surface area (TPSA) is 58.1 Å². The van der Waals surface area contributed by atoms with Gasteiger partial charge in [-0.05, 0) is 54.3 Å². The third kappa shape index (κ3) is 4.85. The third-order valence-electron chi connectivity index (χ3n) is 5.39. The molecule has 1 fully saturated rings. The molecule has 1 N–H and O–H groups in total. The summed E-state index contributed by atoms with van der Waals surface area (Å²) in [5.74, 6) is 1.16. The van der Waals surface area contributed by atoms with Crippen LogP contribution in [0.1, 0.15) is 43.5 Å². The third-order valence-corrected chi connectivity index (χ3v) is 7.27. The first-order valence-corrected chi connectivity index (χ1v) is 12.0. The Labute approximate surface area is 179 Å². The molecule has 0 spiro atoms. The smallest absolute Gasteiger partial charge is 0.223 e. The normalized spacial score (nSPS) is 16.0. The number of hydrogen-bond acceptors (Lipinski definition) is 6. The molecule has 0 bridgehead atoms. The summed E-state index contributed by atoms with van der Waals surface area (Å²) < 4.78 is 0. The van der Waals surface area contributed by atoms with E-state index in [2.05, 4.69) is 50.9 Å². The highest BCUT2D eigenvalue weighted by atomic mass is 32.1. The summed E-state index contributed by atoms with van der Waals surface area (Å²) in [5, 5.41) is 16.2. The fourth-order valence-electron chi connectivity index (χ4n) is 3.77. The molecule has 1 saturated heterocycles. The van der Waals surface area contributed by atoms with Crippen LogP contribution in [0.2, 0.25) is 0 Å². The minimum Gasteiger partial charge on any atom is -0.355 e. The Bertz CT molecular complexity index is 886. The SMILES string of the molecule is CCC[C@H](NC(=O)C1CCN(c2ccc(-c3cccs3)nn2)CC1)c1cccs1. The van der Waals surface area contributed by atoms with Crippen molar-refractivity contribution in [3.8, 4) is 10.6 Å². The lowest BCUT2D eigenvalue weighted by Crippen LogP contribution is -2.41. The predicted octanol–water partition coefficient (Wildman–Crippen LogP) is 5.14. The van der Waals surface area contributed by atoms with Gasteiger partial charge in [-0.1, -0.05) is 25.5 Å². The fourth-order valence-corrected chi connectivity index (χ4v) is 5.28. The van der Waals surface area contributed by atoms with E-state index in [0.717, 1.165) is 55.2 Å². The van der Waals surface area contributed by atoms with E-state index in [-0.39, 0.29) is 17.9 Å². The van der Waals surface area contributed by atoms with E-state index in [9.17, 15) is 4.79 Å². The largest absolute Gasteiger partial charge is 0.355 e. The number of hydrogen-bond donors (Lipinski definition) is 1. The van der Waals surface area contributed by atoms with Crippen molar-refractivity contribution in [3.63, 3.8) is 0 Å². The number of carbonyl (C=O) groups is 1. The summed E-state index contributed by atoms with van der Waals surface area (Å²) in [6.07, 6.45) is 3.74. The van der Waals surface area contributed by atoms with Gasteiger partial charge < -0.3 is 10.2 Å². The number of anilines is 1. The van der Waals surface area contributed by atoms with Crippen LogP contribution in [0.3, 0.4) is 0 Å². The molecule has 0 saturated carbocycles. The van der Waals surface area contributed by atoms with Gasteiger partial charge in [-0.25, -0.2) is 0 Å². The zero-order valence-corrected chi connectivity index (χ0v) is 18.2. The number of amides is 1. The second-order valence-corrected chi connectivity index (χ2v) is 9.31. The van der Waals surface area contributed by atoms with E-state index in [1.807, 2.05) is 23.6 Å². The maximum Gasteiger partial charge on any atom is 0.223 e. The molecule has 1 aliphatic rings. The number of aromatic nitrogens is 2. The van der Waals surface area contributed by atoms with Crippen molar-refractivity contribution in [2.75, 3.05) is 18.0 Å². The van der Waals surface area contributed by atoms with Gasteiger partial charge in [-0.3, -0.25) is 4.79 Å². The molecule has 29 heavy (non-hydrogen) atoms. The first kappa shape index (κ1) is 20.0. The molecule has 1 amide bonds. The Morgan fingerprint density at radius 2 is 1.93 bits per heavy atom. The molecule has 152 valence electrons. The van der Waals surface area contributed by atoms with Crippen molar-refractivity contribution in [2.24, 2.45) is 5.92 Å². The highest BCUT2D eigenvalue weighted by Gasteiger charge is 2.27. The van der Waals surface area contributed by atoms with Crippen molar-refractivity contribution in [3.05, 3.63) is 52.0 Å². The Balaban J connectivity index is 1.32. The maximum absolute atomic E-state index is 12.8. The molecular weight excluding hydrogens is 400 g/mol. The average Bonchev–Trinajstić information content (AvgIpc) is 3.48. The van der Waals surface area contributed by atoms with Crippen LogP contribution in [0.5, 0.6) is 0 Å². The van der Waals surface area contributed by atoms with E-state index in [0.29, 0.717) is 0 Å². The molecule has 3 aromatic rings. The summed E-state index contributed by atoms with van der Waals surface area (Å²) in [5.41, 5.74) is 0.911. The lowest BCUT2D eigenvalue weighted by molar-refractivity contribution is -0.126. The van der Waals surface area contributed by atoms with Crippen LogP contribution < -0.4 is 10.2 Å². The van der Waals surface area contributed by atoms with Gasteiger partial charge in [0, 0.05) is 23.9 Å². The van der Waals surface area contributed by atoms with E-state index in [1.165, 1.54) is 4.88 Å². The molecule has 0 aromatic carbocycles. The van der Waals surface area contributed by atoms with Gasteiger partial charge in [0.05, 0.1) is 10.9 Å². The van der Waals surface area contributed by atoms with Crippen LogP contribution in [0.15, 0.2) is 47.2 Å². The molecule has 7 heteroatoms. The van der Waals surface area contributed by atoms with Crippen LogP contribution in [0.25, 0.3) is 10.6 Å². The van der Waals surface area contributed by atoms with Gasteiger partial charge >= 0.3 is 0 Å². The molecule has 0 unspecified atom stereocenters. The molecule has 5 nitrogen and oxygen atoms in total. The van der Waals surface area contributed by atoms with Crippen molar-refractivity contribution in [1.29, 1.82) is 0 Å². The van der Waals surface area contributed by atoms with Crippen LogP contribution in [-0.2, 0) is 4.79 Å². The summed E-state index contributed by atoms with van der Waals surface area (Å²) in [6, 6.07) is 12.5. The van der Waals surface area contributed by atoms with Gasteiger partial charge in [-0.15, -0.1) is 32.9 Å². The second-order valence-electron chi connectivity index (χ2n) is 7.38.